The number of ether oxygens (including phenoxy) is 1. The van der Waals surface area contributed by atoms with E-state index in [0.29, 0.717) is 28.2 Å². The van der Waals surface area contributed by atoms with Crippen molar-refractivity contribution in [3.63, 3.8) is 0 Å². The van der Waals surface area contributed by atoms with Gasteiger partial charge < -0.3 is 30.9 Å². The van der Waals surface area contributed by atoms with Crippen molar-refractivity contribution in [3.8, 4) is 11.5 Å². The number of thiol groups is 1. The van der Waals surface area contributed by atoms with E-state index in [2.05, 4.69) is 12.6 Å². The maximum absolute atomic E-state index is 13.8. The standard InChI is InChI=1S/C31H32N2O8S/c1-33(2)25-18-13-16-12-17-15(6-4-5-14-7-10-21(42)20(11-14)41-3)8-9-19(34)23(17)26(35)22(16)28(37)31(18,40)29(38)24(27(25)36)30(32)39/h4,6-11,16,18,25,34,36-37,40,42H,5,12-13H2,1-3H3,(H2,32,39)/b6-4-/t16-,18-,25-,31-/m0/s1. The minimum atomic E-state index is -2.67. The van der Waals surface area contributed by atoms with Crippen LogP contribution in [0.3, 0.4) is 0 Å². The molecule has 0 aliphatic heterocycles. The van der Waals surface area contributed by atoms with Gasteiger partial charge in [-0.1, -0.05) is 24.3 Å². The van der Waals surface area contributed by atoms with Crippen LogP contribution in [0.4, 0.5) is 0 Å². The molecule has 2 aromatic carbocycles. The zero-order chi connectivity index (χ0) is 30.7. The van der Waals surface area contributed by atoms with E-state index < -0.39 is 58.0 Å². The minimum Gasteiger partial charge on any atom is -0.510 e. The number of fused-ring (bicyclic) bond motifs is 3. The fourth-order valence-corrected chi connectivity index (χ4v) is 6.83. The SMILES string of the molecule is COc1cc(C/C=C\c2ccc(O)c3c2C[C@H]2C[C@H]4[C@H](N(C)C)C(O)=C(C(N)=O)C(=O)[C@@]4(O)C(O)=C2C3=O)ccc1S. The first-order chi connectivity index (χ1) is 19.8. The number of allylic oxidation sites excluding steroid dienone is 2. The van der Waals surface area contributed by atoms with Gasteiger partial charge in [-0.25, -0.2) is 0 Å². The van der Waals surface area contributed by atoms with Crippen LogP contribution in [-0.4, -0.2) is 75.6 Å². The average molecular weight is 593 g/mol. The normalized spacial score (nSPS) is 25.5. The van der Waals surface area contributed by atoms with Crippen molar-refractivity contribution < 1.29 is 39.5 Å². The van der Waals surface area contributed by atoms with Gasteiger partial charge in [0, 0.05) is 16.4 Å². The zero-order valence-electron chi connectivity index (χ0n) is 23.3. The maximum Gasteiger partial charge on any atom is 0.255 e. The molecule has 0 radical (unpaired) electrons. The molecule has 0 saturated heterocycles. The van der Waals surface area contributed by atoms with Crippen molar-refractivity contribution in [1.29, 1.82) is 0 Å². The molecule has 4 atom stereocenters. The number of ketones is 2. The summed E-state index contributed by atoms with van der Waals surface area (Å²) in [4.78, 5) is 41.6. The van der Waals surface area contributed by atoms with E-state index >= 15 is 0 Å². The fraction of sp³-hybridized carbons (Fsp3) is 0.323. The monoisotopic (exact) mass is 592 g/mol. The summed E-state index contributed by atoms with van der Waals surface area (Å²) in [5, 5.41) is 44.7. The highest BCUT2D eigenvalue weighted by molar-refractivity contribution is 7.80. The Balaban J connectivity index is 1.57. The van der Waals surface area contributed by atoms with Gasteiger partial charge in [-0.3, -0.25) is 19.3 Å². The average Bonchev–Trinajstić information content (AvgIpc) is 2.92. The summed E-state index contributed by atoms with van der Waals surface area (Å²) in [5.74, 6) is -6.10. The van der Waals surface area contributed by atoms with Gasteiger partial charge in [-0.15, -0.1) is 12.6 Å². The van der Waals surface area contributed by atoms with Gasteiger partial charge in [0.15, 0.2) is 11.4 Å². The van der Waals surface area contributed by atoms with Crippen LogP contribution < -0.4 is 10.5 Å². The lowest BCUT2D eigenvalue weighted by molar-refractivity contribution is -0.148. The van der Waals surface area contributed by atoms with E-state index in [4.69, 9.17) is 10.5 Å². The molecule has 42 heavy (non-hydrogen) atoms. The van der Waals surface area contributed by atoms with Crippen LogP contribution in [0, 0.1) is 11.8 Å². The number of rotatable bonds is 6. The highest BCUT2D eigenvalue weighted by Crippen LogP contribution is 2.52. The molecular formula is C31H32N2O8S. The number of aromatic hydroxyl groups is 1. The minimum absolute atomic E-state index is 0.0282. The van der Waals surface area contributed by atoms with Crippen molar-refractivity contribution in [2.45, 2.75) is 35.8 Å². The molecule has 10 nitrogen and oxygen atoms in total. The molecule has 220 valence electrons. The first kappa shape index (κ1) is 29.4. The molecule has 0 bridgehead atoms. The topological polar surface area (TPSA) is 171 Å². The second kappa shape index (κ2) is 10.6. The molecular weight excluding hydrogens is 560 g/mol. The molecule has 1 amide bonds. The van der Waals surface area contributed by atoms with Crippen LogP contribution in [0.2, 0.25) is 0 Å². The number of benzene rings is 2. The van der Waals surface area contributed by atoms with Crippen molar-refractivity contribution in [2.75, 3.05) is 21.2 Å². The summed E-state index contributed by atoms with van der Waals surface area (Å²) in [7, 11) is 4.75. The van der Waals surface area contributed by atoms with Crippen molar-refractivity contribution in [2.24, 2.45) is 17.6 Å². The van der Waals surface area contributed by atoms with Crippen molar-refractivity contribution in [3.05, 3.63) is 81.3 Å². The van der Waals surface area contributed by atoms with Gasteiger partial charge in [-0.2, -0.15) is 0 Å². The number of likely N-dealkylation sites (N-methyl/N-ethyl adjacent to an activating group) is 1. The van der Waals surface area contributed by atoms with E-state index in [9.17, 15) is 34.8 Å². The first-order valence-electron chi connectivity index (χ1n) is 13.3. The zero-order valence-corrected chi connectivity index (χ0v) is 24.2. The van der Waals surface area contributed by atoms with E-state index in [1.165, 1.54) is 11.0 Å². The number of nitrogens with two attached hydrogens (primary N) is 1. The van der Waals surface area contributed by atoms with E-state index in [-0.39, 0.29) is 29.7 Å². The van der Waals surface area contributed by atoms with Gasteiger partial charge in [-0.05, 0) is 74.2 Å². The summed E-state index contributed by atoms with van der Waals surface area (Å²) in [6, 6.07) is 7.68. The Kier molecular flexibility index (Phi) is 7.46. The number of nitrogens with zero attached hydrogens (tertiary/aromatic N) is 1. The predicted octanol–water partition coefficient (Wildman–Crippen LogP) is 2.67. The molecule has 0 aromatic heterocycles. The molecule has 0 fully saturated rings. The van der Waals surface area contributed by atoms with E-state index in [1.54, 1.807) is 27.3 Å². The molecule has 0 spiro atoms. The summed E-state index contributed by atoms with van der Waals surface area (Å²) >= 11 is 4.37. The molecule has 5 rings (SSSR count). The molecule has 3 aliphatic rings. The van der Waals surface area contributed by atoms with Gasteiger partial charge in [0.1, 0.15) is 28.6 Å². The molecule has 0 unspecified atom stereocenters. The Labute approximate surface area is 247 Å². The lowest BCUT2D eigenvalue weighted by Crippen LogP contribution is -2.63. The van der Waals surface area contributed by atoms with Gasteiger partial charge in [0.25, 0.3) is 5.91 Å². The number of aliphatic hydroxyl groups excluding tert-OH is 2. The quantitative estimate of drug-likeness (QED) is 0.218. The third-order valence-corrected chi connectivity index (χ3v) is 8.91. The number of phenols is 1. The second-order valence-corrected chi connectivity index (χ2v) is 11.6. The van der Waals surface area contributed by atoms with Crippen LogP contribution in [0.1, 0.15) is 33.5 Å². The number of phenolic OH excluding ortho intramolecular Hbond substituents is 1. The number of hydrogen-bond acceptors (Lipinski definition) is 10. The number of methoxy groups -OCH3 is 1. The van der Waals surface area contributed by atoms with Crippen LogP contribution in [0.15, 0.2) is 64.0 Å². The number of Topliss-reactive ketones (excluding diaryl/α,β-unsaturated/α-hetero) is 2. The van der Waals surface area contributed by atoms with Crippen molar-refractivity contribution in [1.82, 2.24) is 4.90 Å². The van der Waals surface area contributed by atoms with Gasteiger partial charge >= 0.3 is 0 Å². The number of carbonyl (C=O) groups excluding carboxylic acids is 3. The molecule has 3 aliphatic carbocycles. The van der Waals surface area contributed by atoms with Gasteiger partial charge in [0.05, 0.1) is 18.7 Å². The molecule has 6 N–H and O–H groups in total. The summed E-state index contributed by atoms with van der Waals surface area (Å²) < 4.78 is 5.33. The molecule has 2 aromatic rings. The van der Waals surface area contributed by atoms with Crippen LogP contribution in [-0.2, 0) is 22.4 Å². The van der Waals surface area contributed by atoms with Gasteiger partial charge in [0.2, 0.25) is 5.78 Å². The lowest BCUT2D eigenvalue weighted by Gasteiger charge is -2.50. The Morgan fingerprint density at radius 3 is 2.55 bits per heavy atom. The Morgan fingerprint density at radius 2 is 1.90 bits per heavy atom. The largest absolute Gasteiger partial charge is 0.510 e. The number of amides is 1. The van der Waals surface area contributed by atoms with Crippen LogP contribution in [0.5, 0.6) is 11.5 Å². The van der Waals surface area contributed by atoms with Crippen molar-refractivity contribution >= 4 is 36.2 Å². The first-order valence-corrected chi connectivity index (χ1v) is 13.8. The number of primary amides is 1. The molecule has 0 saturated carbocycles. The van der Waals surface area contributed by atoms with E-state index in [1.807, 2.05) is 30.4 Å². The smallest absolute Gasteiger partial charge is 0.255 e. The molecule has 11 heteroatoms. The Morgan fingerprint density at radius 1 is 1.19 bits per heavy atom. The maximum atomic E-state index is 13.8. The summed E-state index contributed by atoms with van der Waals surface area (Å²) in [6.07, 6.45) is 4.56. The third kappa shape index (κ3) is 4.39. The fourth-order valence-electron chi connectivity index (χ4n) is 6.60. The second-order valence-electron chi connectivity index (χ2n) is 11.1. The van der Waals surface area contributed by atoms with Crippen LogP contribution in [0.25, 0.3) is 6.08 Å². The molecule has 0 heterocycles. The number of carbonyl (C=O) groups is 3. The Bertz CT molecular complexity index is 1620. The summed E-state index contributed by atoms with van der Waals surface area (Å²) in [6.45, 7) is 0. The summed E-state index contributed by atoms with van der Waals surface area (Å²) in [5.41, 5.74) is 3.89. The predicted molar refractivity (Wildman–Crippen MR) is 157 cm³/mol. The van der Waals surface area contributed by atoms with Crippen LogP contribution >= 0.6 is 12.6 Å². The third-order valence-electron chi connectivity index (χ3n) is 8.54. The number of hydrogen-bond donors (Lipinski definition) is 6. The Hall–Kier alpha value is -4.06. The highest BCUT2D eigenvalue weighted by atomic mass is 32.1. The lowest BCUT2D eigenvalue weighted by atomic mass is 9.58. The van der Waals surface area contributed by atoms with E-state index in [0.717, 1.165) is 5.56 Å². The number of aliphatic hydroxyl groups is 3. The highest BCUT2D eigenvalue weighted by Gasteiger charge is 2.63.